The van der Waals surface area contributed by atoms with E-state index in [2.05, 4.69) is 15.2 Å². The van der Waals surface area contributed by atoms with Crippen molar-refractivity contribution in [2.75, 3.05) is 6.61 Å². The summed E-state index contributed by atoms with van der Waals surface area (Å²) in [4.78, 5) is 20.6. The summed E-state index contributed by atoms with van der Waals surface area (Å²) < 4.78 is 8.62. The van der Waals surface area contributed by atoms with Gasteiger partial charge in [-0.05, 0) is 0 Å². The van der Waals surface area contributed by atoms with Crippen molar-refractivity contribution < 1.29 is 24.2 Å². The summed E-state index contributed by atoms with van der Waals surface area (Å²) in [6, 6.07) is 0. The predicted molar refractivity (Wildman–Crippen MR) is 35.7 cm³/mol. The van der Waals surface area contributed by atoms with Crippen LogP contribution in [0.2, 0.25) is 0 Å². The Bertz CT molecular complexity index is 246. The maximum atomic E-state index is 10.5. The lowest BCUT2D eigenvalue weighted by Gasteiger charge is -2.06. The summed E-state index contributed by atoms with van der Waals surface area (Å²) in [6.07, 6.45) is -1.24. The summed E-state index contributed by atoms with van der Waals surface area (Å²) >= 11 is 0. The number of nitrogens with two attached hydrogens (primary N) is 1. The Balaban J connectivity index is 2.46. The van der Waals surface area contributed by atoms with Gasteiger partial charge in [0.15, 0.2) is 0 Å². The van der Waals surface area contributed by atoms with Gasteiger partial charge in [-0.15, -0.1) is 0 Å². The minimum absolute atomic E-state index is 0.179. The average molecular weight is 173 g/mol. The van der Waals surface area contributed by atoms with Crippen LogP contribution in [0, 0.1) is 0 Å². The van der Waals surface area contributed by atoms with E-state index in [1.807, 2.05) is 0 Å². The quantitative estimate of drug-likeness (QED) is 0.515. The number of carbonyl (C=O) groups excluding carboxylic acids is 2. The molecule has 12 heavy (non-hydrogen) atoms. The predicted octanol–water partition coefficient (Wildman–Crippen LogP) is -1.12. The van der Waals surface area contributed by atoms with E-state index in [1.165, 1.54) is 0 Å². The summed E-state index contributed by atoms with van der Waals surface area (Å²) in [5, 5.41) is 8.93. The molecule has 6 nitrogen and oxygen atoms in total. The van der Waals surface area contributed by atoms with Gasteiger partial charge in [-0.2, -0.15) is 0 Å². The zero-order chi connectivity index (χ0) is 9.14. The third kappa shape index (κ3) is 1.96. The third-order valence-corrected chi connectivity index (χ3v) is 1.23. The molecule has 3 N–H and O–H groups in total. The van der Waals surface area contributed by atoms with E-state index in [4.69, 9.17) is 5.11 Å². The second-order valence-electron chi connectivity index (χ2n) is 2.12. The SMILES string of the molecule is NC(=O)OCC1=CC(=O)OC1O. The highest BCUT2D eigenvalue weighted by Gasteiger charge is 2.24. The summed E-state index contributed by atoms with van der Waals surface area (Å²) in [5.41, 5.74) is 4.83. The van der Waals surface area contributed by atoms with Crippen molar-refractivity contribution in [2.24, 2.45) is 5.73 Å². The number of carbonyl (C=O) groups is 2. The molecule has 0 aromatic carbocycles. The fraction of sp³-hybridized carbons (Fsp3) is 0.333. The fourth-order valence-corrected chi connectivity index (χ4v) is 0.710. The van der Waals surface area contributed by atoms with E-state index in [1.54, 1.807) is 0 Å². The maximum absolute atomic E-state index is 10.5. The van der Waals surface area contributed by atoms with Gasteiger partial charge < -0.3 is 20.3 Å². The second kappa shape index (κ2) is 3.22. The Morgan fingerprint density at radius 3 is 2.92 bits per heavy atom. The van der Waals surface area contributed by atoms with Crippen molar-refractivity contribution >= 4 is 12.1 Å². The third-order valence-electron chi connectivity index (χ3n) is 1.23. The van der Waals surface area contributed by atoms with Crippen LogP contribution in [0.25, 0.3) is 0 Å². The van der Waals surface area contributed by atoms with E-state index in [-0.39, 0.29) is 12.2 Å². The first-order valence-electron chi connectivity index (χ1n) is 3.11. The summed E-state index contributed by atoms with van der Waals surface area (Å²) in [5.74, 6) is -0.662. The van der Waals surface area contributed by atoms with E-state index in [9.17, 15) is 9.59 Å². The molecule has 1 aliphatic heterocycles. The molecule has 1 atom stereocenters. The van der Waals surface area contributed by atoms with Crippen molar-refractivity contribution in [1.29, 1.82) is 0 Å². The van der Waals surface area contributed by atoms with Crippen molar-refractivity contribution in [2.45, 2.75) is 6.29 Å². The zero-order valence-corrected chi connectivity index (χ0v) is 6.02. The van der Waals surface area contributed by atoms with E-state index in [0.717, 1.165) is 6.08 Å². The lowest BCUT2D eigenvalue weighted by molar-refractivity contribution is -0.151. The van der Waals surface area contributed by atoms with Gasteiger partial charge in [0, 0.05) is 11.6 Å². The van der Waals surface area contributed by atoms with Crippen molar-refractivity contribution in [3.05, 3.63) is 11.6 Å². The molecule has 0 aromatic rings. The number of primary amides is 1. The maximum Gasteiger partial charge on any atom is 0.404 e. The molecule has 0 saturated heterocycles. The van der Waals surface area contributed by atoms with Crippen LogP contribution in [0.4, 0.5) is 4.79 Å². The van der Waals surface area contributed by atoms with E-state index in [0.29, 0.717) is 0 Å². The van der Waals surface area contributed by atoms with Crippen LogP contribution in [-0.2, 0) is 14.3 Å². The second-order valence-corrected chi connectivity index (χ2v) is 2.12. The molecule has 1 rings (SSSR count). The topological polar surface area (TPSA) is 98.9 Å². The molecule has 0 radical (unpaired) electrons. The minimum atomic E-state index is -1.32. The van der Waals surface area contributed by atoms with Gasteiger partial charge in [0.2, 0.25) is 6.29 Å². The largest absolute Gasteiger partial charge is 0.445 e. The Morgan fingerprint density at radius 1 is 1.83 bits per heavy atom. The number of hydrogen-bond acceptors (Lipinski definition) is 5. The number of aliphatic hydroxyl groups is 1. The van der Waals surface area contributed by atoms with Crippen molar-refractivity contribution in [3.8, 4) is 0 Å². The van der Waals surface area contributed by atoms with Crippen LogP contribution in [0.15, 0.2) is 11.6 Å². The van der Waals surface area contributed by atoms with Gasteiger partial charge >= 0.3 is 12.1 Å². The summed E-state index contributed by atoms with van der Waals surface area (Å²) in [6.45, 7) is -0.234. The van der Waals surface area contributed by atoms with Crippen LogP contribution in [0.3, 0.4) is 0 Å². The lowest BCUT2D eigenvalue weighted by atomic mass is 10.3. The Kier molecular flexibility index (Phi) is 2.29. The molecule has 0 bridgehead atoms. The van der Waals surface area contributed by atoms with E-state index >= 15 is 0 Å². The van der Waals surface area contributed by atoms with Gasteiger partial charge in [-0.3, -0.25) is 0 Å². The number of amides is 1. The molecule has 1 amide bonds. The first-order chi connectivity index (χ1) is 5.59. The molecule has 0 aliphatic carbocycles. The van der Waals surface area contributed by atoms with Gasteiger partial charge in [0.05, 0.1) is 0 Å². The van der Waals surface area contributed by atoms with E-state index < -0.39 is 18.4 Å². The Labute approximate surface area is 67.6 Å². The molecule has 1 aliphatic rings. The average Bonchev–Trinajstić information content (AvgIpc) is 2.26. The molecular formula is C6H7NO5. The number of ether oxygens (including phenoxy) is 2. The molecular weight excluding hydrogens is 166 g/mol. The first kappa shape index (κ1) is 8.54. The van der Waals surface area contributed by atoms with Crippen molar-refractivity contribution in [1.82, 2.24) is 0 Å². The van der Waals surface area contributed by atoms with Crippen molar-refractivity contribution in [3.63, 3.8) is 0 Å². The van der Waals surface area contributed by atoms with Gasteiger partial charge in [0.1, 0.15) is 6.61 Å². The smallest absolute Gasteiger partial charge is 0.404 e. The first-order valence-corrected chi connectivity index (χ1v) is 3.11. The van der Waals surface area contributed by atoms with Crippen LogP contribution >= 0.6 is 0 Å². The number of rotatable bonds is 2. The minimum Gasteiger partial charge on any atom is -0.445 e. The molecule has 1 unspecified atom stereocenters. The van der Waals surface area contributed by atoms with Gasteiger partial charge in [0.25, 0.3) is 0 Å². The monoisotopic (exact) mass is 173 g/mol. The van der Waals surface area contributed by atoms with Gasteiger partial charge in [-0.25, -0.2) is 9.59 Å². The highest BCUT2D eigenvalue weighted by atomic mass is 16.6. The molecule has 1 heterocycles. The molecule has 0 aromatic heterocycles. The van der Waals surface area contributed by atoms with Crippen LogP contribution in [-0.4, -0.2) is 30.1 Å². The van der Waals surface area contributed by atoms with Gasteiger partial charge in [-0.1, -0.05) is 0 Å². The zero-order valence-electron chi connectivity index (χ0n) is 6.02. The molecule has 66 valence electrons. The Hall–Kier alpha value is -1.56. The highest BCUT2D eigenvalue weighted by Crippen LogP contribution is 2.12. The lowest BCUT2D eigenvalue weighted by Crippen LogP contribution is -2.19. The molecule has 0 fully saturated rings. The highest BCUT2D eigenvalue weighted by molar-refractivity contribution is 5.85. The standard InChI is InChI=1S/C6H7NO5/c7-6(10)11-2-3-1-4(8)12-5(3)9/h1,5,9H,2H2,(H2,7,10). The van der Waals surface area contributed by atoms with Crippen LogP contribution < -0.4 is 5.73 Å². The Morgan fingerprint density at radius 2 is 2.50 bits per heavy atom. The fourth-order valence-electron chi connectivity index (χ4n) is 0.710. The molecule has 0 spiro atoms. The number of cyclic esters (lactones) is 1. The molecule has 0 saturated carbocycles. The molecule has 6 heteroatoms. The number of esters is 1. The number of hydrogen-bond donors (Lipinski definition) is 2. The van der Waals surface area contributed by atoms with Crippen LogP contribution in [0.1, 0.15) is 0 Å². The van der Waals surface area contributed by atoms with Crippen LogP contribution in [0.5, 0.6) is 0 Å². The number of aliphatic hydroxyl groups excluding tert-OH is 1. The normalized spacial score (nSPS) is 21.6. The summed E-state index contributed by atoms with van der Waals surface area (Å²) in [7, 11) is 0.